The first-order valence-electron chi connectivity index (χ1n) is 3.75. The molecular formula is C7H9N3O. The number of carbonyl (C=O) groups excluding carboxylic acids is 1. The molecule has 0 spiro atoms. The molecular weight excluding hydrogens is 142 g/mol. The highest BCUT2D eigenvalue weighted by Crippen LogP contribution is 2.20. The fourth-order valence-electron chi connectivity index (χ4n) is 1.46. The Kier molecular flexibility index (Phi) is 1.45. The lowest BCUT2D eigenvalue weighted by Crippen LogP contribution is -2.18. The molecule has 2 rings (SSSR count). The van der Waals surface area contributed by atoms with Crippen LogP contribution in [-0.2, 0) is 11.2 Å². The molecule has 0 fully saturated rings. The highest BCUT2D eigenvalue weighted by atomic mass is 16.1. The van der Waals surface area contributed by atoms with Crippen LogP contribution in [0, 0.1) is 0 Å². The van der Waals surface area contributed by atoms with Crippen LogP contribution in [0.3, 0.4) is 0 Å². The van der Waals surface area contributed by atoms with Crippen LogP contribution in [0.4, 0.5) is 0 Å². The second kappa shape index (κ2) is 2.45. The number of aromatic nitrogens is 3. The van der Waals surface area contributed by atoms with Crippen LogP contribution in [0.1, 0.15) is 24.7 Å². The van der Waals surface area contributed by atoms with E-state index in [1.807, 2.05) is 4.57 Å². The first-order chi connectivity index (χ1) is 5.42. The lowest BCUT2D eigenvalue weighted by molar-refractivity contribution is -0.111. The Balaban J connectivity index is 2.39. The molecule has 1 aromatic rings. The van der Waals surface area contributed by atoms with Gasteiger partial charge in [-0.05, 0) is 12.8 Å². The van der Waals surface area contributed by atoms with Crippen LogP contribution in [0.25, 0.3) is 0 Å². The Morgan fingerprint density at radius 1 is 1.73 bits per heavy atom. The van der Waals surface area contributed by atoms with Crippen LogP contribution in [-0.4, -0.2) is 21.1 Å². The monoisotopic (exact) mass is 151 g/mol. The molecule has 0 saturated heterocycles. The predicted molar refractivity (Wildman–Crippen MR) is 38.1 cm³/mol. The summed E-state index contributed by atoms with van der Waals surface area (Å²) >= 11 is 0. The molecule has 11 heavy (non-hydrogen) atoms. The molecule has 1 atom stereocenters. The standard InChI is InChI=1S/C7H9N3O/c11-4-6-2-1-3-7-9-8-5-10(6)7/h4-6H,1-3H2. The van der Waals surface area contributed by atoms with Gasteiger partial charge in [-0.1, -0.05) is 0 Å². The highest BCUT2D eigenvalue weighted by molar-refractivity contribution is 5.56. The Bertz CT molecular complexity index is 268. The number of carbonyl (C=O) groups is 1. The Labute approximate surface area is 64.2 Å². The van der Waals surface area contributed by atoms with E-state index in [0.717, 1.165) is 31.4 Å². The molecule has 0 saturated carbocycles. The molecule has 58 valence electrons. The van der Waals surface area contributed by atoms with Crippen molar-refractivity contribution in [2.24, 2.45) is 0 Å². The molecule has 1 aliphatic heterocycles. The van der Waals surface area contributed by atoms with Gasteiger partial charge in [-0.25, -0.2) is 0 Å². The van der Waals surface area contributed by atoms with Crippen molar-refractivity contribution in [3.8, 4) is 0 Å². The summed E-state index contributed by atoms with van der Waals surface area (Å²) in [5.74, 6) is 0.938. The second-order valence-electron chi connectivity index (χ2n) is 2.75. The van der Waals surface area contributed by atoms with E-state index in [9.17, 15) is 4.79 Å². The summed E-state index contributed by atoms with van der Waals surface area (Å²) in [6, 6.07) is -0.0197. The number of hydrogen-bond donors (Lipinski definition) is 0. The quantitative estimate of drug-likeness (QED) is 0.544. The van der Waals surface area contributed by atoms with Crippen LogP contribution < -0.4 is 0 Å². The number of hydrogen-bond acceptors (Lipinski definition) is 3. The largest absolute Gasteiger partial charge is 0.307 e. The van der Waals surface area contributed by atoms with Crippen LogP contribution in [0.15, 0.2) is 6.33 Å². The summed E-state index contributed by atoms with van der Waals surface area (Å²) in [5, 5.41) is 7.67. The molecule has 1 aliphatic rings. The van der Waals surface area contributed by atoms with Gasteiger partial charge >= 0.3 is 0 Å². The smallest absolute Gasteiger partial charge is 0.142 e. The van der Waals surface area contributed by atoms with Gasteiger partial charge in [-0.15, -0.1) is 10.2 Å². The molecule has 0 bridgehead atoms. The molecule has 1 unspecified atom stereocenters. The number of fused-ring (bicyclic) bond motifs is 1. The van der Waals surface area contributed by atoms with Crippen molar-refractivity contribution in [3.63, 3.8) is 0 Å². The molecule has 4 heteroatoms. The lowest BCUT2D eigenvalue weighted by atomic mass is 10.1. The average molecular weight is 151 g/mol. The van der Waals surface area contributed by atoms with Gasteiger partial charge < -0.3 is 9.36 Å². The summed E-state index contributed by atoms with van der Waals surface area (Å²) in [5.41, 5.74) is 0. The van der Waals surface area contributed by atoms with Crippen molar-refractivity contribution < 1.29 is 4.79 Å². The maximum Gasteiger partial charge on any atom is 0.142 e. The summed E-state index contributed by atoms with van der Waals surface area (Å²) in [6.07, 6.45) is 5.51. The summed E-state index contributed by atoms with van der Waals surface area (Å²) in [4.78, 5) is 10.5. The van der Waals surface area contributed by atoms with Gasteiger partial charge in [0.05, 0.1) is 6.04 Å². The van der Waals surface area contributed by atoms with E-state index < -0.39 is 0 Å². The first kappa shape index (κ1) is 6.52. The summed E-state index contributed by atoms with van der Waals surface area (Å²) in [7, 11) is 0. The molecule has 1 aromatic heterocycles. The van der Waals surface area contributed by atoms with Crippen molar-refractivity contribution in [1.29, 1.82) is 0 Å². The minimum Gasteiger partial charge on any atom is -0.307 e. The zero-order valence-electron chi connectivity index (χ0n) is 6.10. The molecule has 0 amide bonds. The predicted octanol–water partition coefficient (Wildman–Crippen LogP) is 0.354. The van der Waals surface area contributed by atoms with Gasteiger partial charge in [0.2, 0.25) is 0 Å². The van der Waals surface area contributed by atoms with Gasteiger partial charge in [-0.3, -0.25) is 0 Å². The zero-order valence-corrected chi connectivity index (χ0v) is 6.10. The van der Waals surface area contributed by atoms with E-state index in [1.165, 1.54) is 0 Å². The first-order valence-corrected chi connectivity index (χ1v) is 3.75. The minimum absolute atomic E-state index is 0.0197. The molecule has 0 radical (unpaired) electrons. The third-order valence-corrected chi connectivity index (χ3v) is 2.06. The van der Waals surface area contributed by atoms with E-state index in [2.05, 4.69) is 10.2 Å². The van der Waals surface area contributed by atoms with E-state index >= 15 is 0 Å². The zero-order chi connectivity index (χ0) is 7.68. The van der Waals surface area contributed by atoms with Gasteiger partial charge in [0.15, 0.2) is 0 Å². The molecule has 4 nitrogen and oxygen atoms in total. The number of rotatable bonds is 1. The van der Waals surface area contributed by atoms with Crippen LogP contribution in [0.5, 0.6) is 0 Å². The fourth-order valence-corrected chi connectivity index (χ4v) is 1.46. The van der Waals surface area contributed by atoms with Crippen molar-refractivity contribution in [2.45, 2.75) is 25.3 Å². The maximum atomic E-state index is 10.5. The van der Waals surface area contributed by atoms with Crippen molar-refractivity contribution in [2.75, 3.05) is 0 Å². The lowest BCUT2D eigenvalue weighted by Gasteiger charge is -2.18. The maximum absolute atomic E-state index is 10.5. The summed E-state index contributed by atoms with van der Waals surface area (Å²) < 4.78 is 1.86. The third kappa shape index (κ3) is 0.943. The Morgan fingerprint density at radius 3 is 3.45 bits per heavy atom. The van der Waals surface area contributed by atoms with Crippen LogP contribution >= 0.6 is 0 Å². The number of nitrogens with zero attached hydrogens (tertiary/aromatic N) is 3. The fraction of sp³-hybridized carbons (Fsp3) is 0.571. The van der Waals surface area contributed by atoms with Gasteiger partial charge in [-0.2, -0.15) is 0 Å². The van der Waals surface area contributed by atoms with Crippen molar-refractivity contribution in [3.05, 3.63) is 12.2 Å². The Morgan fingerprint density at radius 2 is 2.64 bits per heavy atom. The van der Waals surface area contributed by atoms with Gasteiger partial charge in [0.1, 0.15) is 18.4 Å². The van der Waals surface area contributed by atoms with Crippen molar-refractivity contribution >= 4 is 6.29 Å². The normalized spacial score (nSPS) is 22.7. The SMILES string of the molecule is O=CC1CCCc2nncn21. The van der Waals surface area contributed by atoms with Crippen molar-refractivity contribution in [1.82, 2.24) is 14.8 Å². The van der Waals surface area contributed by atoms with Crippen LogP contribution in [0.2, 0.25) is 0 Å². The molecule has 0 aliphatic carbocycles. The van der Waals surface area contributed by atoms with E-state index in [0.29, 0.717) is 0 Å². The molecule has 2 heterocycles. The number of aryl methyl sites for hydroxylation is 1. The average Bonchev–Trinajstić information content (AvgIpc) is 2.50. The minimum atomic E-state index is -0.0197. The molecule has 0 N–H and O–H groups in total. The highest BCUT2D eigenvalue weighted by Gasteiger charge is 2.18. The van der Waals surface area contributed by atoms with Gasteiger partial charge in [0, 0.05) is 6.42 Å². The topological polar surface area (TPSA) is 47.8 Å². The third-order valence-electron chi connectivity index (χ3n) is 2.06. The van der Waals surface area contributed by atoms with E-state index in [-0.39, 0.29) is 6.04 Å². The second-order valence-corrected chi connectivity index (χ2v) is 2.75. The molecule has 0 aromatic carbocycles. The van der Waals surface area contributed by atoms with Gasteiger partial charge in [0.25, 0.3) is 0 Å². The number of aldehydes is 1. The van der Waals surface area contributed by atoms with E-state index in [1.54, 1.807) is 6.33 Å². The Hall–Kier alpha value is -1.19. The summed E-state index contributed by atoms with van der Waals surface area (Å²) in [6.45, 7) is 0. The van der Waals surface area contributed by atoms with E-state index in [4.69, 9.17) is 0 Å².